The SMILES string of the molecule is CC1(c2ccccc2)CC(c2c(C#N)ccc(-c3ccccc3)c2C(=O)O)Nc2ccc(C(=N)N)cc21. The number of nitrogens with two attached hydrogens (primary N) is 1. The molecule has 182 valence electrons. The van der Waals surface area contributed by atoms with Crippen LogP contribution in [0.1, 0.15) is 57.6 Å². The van der Waals surface area contributed by atoms with E-state index in [1.54, 1.807) is 18.2 Å². The summed E-state index contributed by atoms with van der Waals surface area (Å²) >= 11 is 0. The molecule has 2 atom stereocenters. The summed E-state index contributed by atoms with van der Waals surface area (Å²) in [6, 6.07) is 30.2. The Morgan fingerprint density at radius 2 is 1.73 bits per heavy atom. The number of nitrogens with zero attached hydrogens (tertiary/aromatic N) is 1. The molecular weight excluding hydrogens is 460 g/mol. The molecule has 1 heterocycles. The summed E-state index contributed by atoms with van der Waals surface area (Å²) in [7, 11) is 0. The maximum atomic E-state index is 12.7. The van der Waals surface area contributed by atoms with Gasteiger partial charge in [0.15, 0.2) is 0 Å². The minimum atomic E-state index is -1.08. The van der Waals surface area contributed by atoms with E-state index in [-0.39, 0.29) is 11.4 Å². The molecule has 0 saturated heterocycles. The van der Waals surface area contributed by atoms with Crippen LogP contribution in [0.4, 0.5) is 5.69 Å². The predicted molar refractivity (Wildman–Crippen MR) is 145 cm³/mol. The first kappa shape index (κ1) is 23.8. The fourth-order valence-electron chi connectivity index (χ4n) is 5.47. The van der Waals surface area contributed by atoms with E-state index in [4.69, 9.17) is 11.1 Å². The average molecular weight is 487 g/mol. The number of nitrogen functional groups attached to an aromatic ring is 1. The van der Waals surface area contributed by atoms with E-state index < -0.39 is 17.4 Å². The minimum Gasteiger partial charge on any atom is -0.478 e. The van der Waals surface area contributed by atoms with Crippen molar-refractivity contribution in [3.8, 4) is 17.2 Å². The Hall–Kier alpha value is -4.89. The van der Waals surface area contributed by atoms with Crippen molar-refractivity contribution in [3.63, 3.8) is 0 Å². The Kier molecular flexibility index (Phi) is 5.98. The van der Waals surface area contributed by atoms with Crippen LogP contribution in [0.25, 0.3) is 11.1 Å². The second-order valence-corrected chi connectivity index (χ2v) is 9.51. The van der Waals surface area contributed by atoms with Crippen LogP contribution in [0.15, 0.2) is 91.0 Å². The number of hydrogen-bond acceptors (Lipinski definition) is 4. The molecule has 0 aromatic heterocycles. The Bertz CT molecular complexity index is 1560. The summed E-state index contributed by atoms with van der Waals surface area (Å²) in [5, 5.41) is 32.0. The lowest BCUT2D eigenvalue weighted by molar-refractivity contribution is 0.0695. The average Bonchev–Trinajstić information content (AvgIpc) is 2.92. The smallest absolute Gasteiger partial charge is 0.336 e. The third-order valence-electron chi connectivity index (χ3n) is 7.29. The van der Waals surface area contributed by atoms with Crippen molar-refractivity contribution in [2.24, 2.45) is 5.73 Å². The molecule has 5 N–H and O–H groups in total. The van der Waals surface area contributed by atoms with Gasteiger partial charge >= 0.3 is 5.97 Å². The Labute approximate surface area is 215 Å². The Morgan fingerprint density at radius 1 is 1.05 bits per heavy atom. The van der Waals surface area contributed by atoms with Gasteiger partial charge in [0.2, 0.25) is 0 Å². The summed E-state index contributed by atoms with van der Waals surface area (Å²) in [6.45, 7) is 2.12. The molecule has 1 aliphatic rings. The number of benzene rings is 4. The lowest BCUT2D eigenvalue weighted by atomic mass is 9.67. The van der Waals surface area contributed by atoms with Crippen LogP contribution in [-0.4, -0.2) is 16.9 Å². The standard InChI is InChI=1S/C31H26N4O2/c1-31(22-10-6-3-7-11-22)17-26(35-25-15-13-20(29(33)34)16-24(25)31)27-21(18-32)12-14-23(28(27)30(36)37)19-8-4-2-5-9-19/h2-16,26,35H,17H2,1H3,(H3,33,34)(H,36,37). The second kappa shape index (κ2) is 9.29. The largest absolute Gasteiger partial charge is 0.478 e. The zero-order chi connectivity index (χ0) is 26.2. The van der Waals surface area contributed by atoms with Crippen LogP contribution in [0.2, 0.25) is 0 Å². The molecule has 4 aromatic rings. The van der Waals surface area contributed by atoms with Crippen LogP contribution in [0.5, 0.6) is 0 Å². The molecule has 0 spiro atoms. The molecule has 37 heavy (non-hydrogen) atoms. The topological polar surface area (TPSA) is 123 Å². The molecule has 0 saturated carbocycles. The lowest BCUT2D eigenvalue weighted by Crippen LogP contribution is -2.36. The van der Waals surface area contributed by atoms with Crippen molar-refractivity contribution in [2.75, 3.05) is 5.32 Å². The molecule has 2 unspecified atom stereocenters. The highest BCUT2D eigenvalue weighted by Crippen LogP contribution is 2.50. The van der Waals surface area contributed by atoms with Crippen molar-refractivity contribution in [2.45, 2.75) is 24.8 Å². The number of amidine groups is 1. The van der Waals surface area contributed by atoms with Crippen molar-refractivity contribution in [1.82, 2.24) is 0 Å². The third-order valence-corrected chi connectivity index (χ3v) is 7.29. The molecule has 1 aliphatic heterocycles. The van der Waals surface area contributed by atoms with Gasteiger partial charge < -0.3 is 16.2 Å². The number of rotatable bonds is 5. The first-order valence-electron chi connectivity index (χ1n) is 12.0. The molecule has 5 rings (SSSR count). The Morgan fingerprint density at radius 3 is 2.35 bits per heavy atom. The number of nitrogens with one attached hydrogen (secondary N) is 2. The number of carboxylic acids is 1. The number of hydrogen-bond donors (Lipinski definition) is 4. The van der Waals surface area contributed by atoms with Crippen LogP contribution < -0.4 is 11.1 Å². The fraction of sp³-hybridized carbons (Fsp3) is 0.129. The number of anilines is 1. The molecule has 4 aromatic carbocycles. The first-order valence-corrected chi connectivity index (χ1v) is 12.0. The third kappa shape index (κ3) is 4.11. The molecule has 0 amide bonds. The van der Waals surface area contributed by atoms with E-state index in [1.807, 2.05) is 60.7 Å². The summed E-state index contributed by atoms with van der Waals surface area (Å²) in [5.74, 6) is -1.09. The molecule has 0 fully saturated rings. The minimum absolute atomic E-state index is 0.0178. The van der Waals surface area contributed by atoms with Gasteiger partial charge in [0.25, 0.3) is 0 Å². The highest BCUT2D eigenvalue weighted by molar-refractivity contribution is 5.99. The predicted octanol–water partition coefficient (Wildman–Crippen LogP) is 6.07. The fourth-order valence-corrected chi connectivity index (χ4v) is 5.47. The van der Waals surface area contributed by atoms with Gasteiger partial charge in [-0.3, -0.25) is 5.41 Å². The maximum Gasteiger partial charge on any atom is 0.336 e. The Balaban J connectivity index is 1.76. The number of aromatic carboxylic acids is 1. The van der Waals surface area contributed by atoms with Crippen molar-refractivity contribution in [1.29, 1.82) is 10.7 Å². The van der Waals surface area contributed by atoms with E-state index in [9.17, 15) is 15.2 Å². The molecule has 0 radical (unpaired) electrons. The van der Waals surface area contributed by atoms with Crippen molar-refractivity contribution < 1.29 is 9.90 Å². The highest BCUT2D eigenvalue weighted by Gasteiger charge is 2.41. The zero-order valence-electron chi connectivity index (χ0n) is 20.3. The number of carbonyl (C=O) groups is 1. The van der Waals surface area contributed by atoms with E-state index in [2.05, 4.69) is 30.4 Å². The molecule has 0 bridgehead atoms. The van der Waals surface area contributed by atoms with Crippen LogP contribution >= 0.6 is 0 Å². The van der Waals surface area contributed by atoms with Gasteiger partial charge in [0.1, 0.15) is 5.84 Å². The van der Waals surface area contributed by atoms with E-state index >= 15 is 0 Å². The van der Waals surface area contributed by atoms with Gasteiger partial charge in [0, 0.05) is 22.2 Å². The summed E-state index contributed by atoms with van der Waals surface area (Å²) < 4.78 is 0. The van der Waals surface area contributed by atoms with E-state index in [0.717, 1.165) is 22.4 Å². The summed E-state index contributed by atoms with van der Waals surface area (Å²) in [6.07, 6.45) is 0.499. The molecule has 0 aliphatic carbocycles. The van der Waals surface area contributed by atoms with Gasteiger partial charge in [0.05, 0.1) is 23.2 Å². The van der Waals surface area contributed by atoms with Crippen molar-refractivity contribution in [3.05, 3.63) is 124 Å². The number of fused-ring (bicyclic) bond motifs is 1. The summed E-state index contributed by atoms with van der Waals surface area (Å²) in [4.78, 5) is 12.7. The van der Waals surface area contributed by atoms with Gasteiger partial charge in [-0.05, 0) is 52.9 Å². The maximum absolute atomic E-state index is 12.7. The van der Waals surface area contributed by atoms with Gasteiger partial charge in [-0.2, -0.15) is 5.26 Å². The van der Waals surface area contributed by atoms with Crippen molar-refractivity contribution >= 4 is 17.5 Å². The quantitative estimate of drug-likeness (QED) is 0.201. The van der Waals surface area contributed by atoms with Crippen LogP contribution in [-0.2, 0) is 5.41 Å². The normalized spacial score (nSPS) is 18.2. The zero-order valence-corrected chi connectivity index (χ0v) is 20.3. The van der Waals surface area contributed by atoms with E-state index in [0.29, 0.717) is 28.7 Å². The van der Waals surface area contributed by atoms with Gasteiger partial charge in [-0.25, -0.2) is 4.79 Å². The number of nitriles is 1. The van der Waals surface area contributed by atoms with Crippen LogP contribution in [0, 0.1) is 16.7 Å². The highest BCUT2D eigenvalue weighted by atomic mass is 16.4. The summed E-state index contributed by atoms with van der Waals surface area (Å²) in [5.41, 5.74) is 11.0. The first-order chi connectivity index (χ1) is 17.8. The number of carboxylic acid groups (broad SMARTS) is 1. The molecule has 6 heteroatoms. The lowest BCUT2D eigenvalue weighted by Gasteiger charge is -2.42. The van der Waals surface area contributed by atoms with Crippen LogP contribution in [0.3, 0.4) is 0 Å². The van der Waals surface area contributed by atoms with Gasteiger partial charge in [-0.1, -0.05) is 73.7 Å². The molecular formula is C31H26N4O2. The van der Waals surface area contributed by atoms with Gasteiger partial charge in [-0.15, -0.1) is 0 Å². The molecule has 6 nitrogen and oxygen atoms in total. The monoisotopic (exact) mass is 486 g/mol. The second-order valence-electron chi connectivity index (χ2n) is 9.51. The van der Waals surface area contributed by atoms with E-state index in [1.165, 1.54) is 0 Å².